The average Bonchev–Trinajstić information content (AvgIpc) is 2.07. The molecular weight excluding hydrogens is 265 g/mol. The minimum atomic E-state index is 0. The van der Waals surface area contributed by atoms with Crippen LogP contribution in [0.15, 0.2) is 16.6 Å². The lowest BCUT2D eigenvalue weighted by Crippen LogP contribution is -2.21. The van der Waals surface area contributed by atoms with E-state index in [1.807, 2.05) is 13.0 Å². The van der Waals surface area contributed by atoms with E-state index in [4.69, 9.17) is 10.5 Å². The number of hydrogen-bond donors (Lipinski definition) is 1. The molecule has 1 heterocycles. The number of fused-ring (bicyclic) bond motifs is 1. The third-order valence-electron chi connectivity index (χ3n) is 2.34. The molecular formula is C10H13BrClNO. The van der Waals surface area contributed by atoms with E-state index in [1.54, 1.807) is 0 Å². The summed E-state index contributed by atoms with van der Waals surface area (Å²) in [6.45, 7) is 2.78. The zero-order valence-electron chi connectivity index (χ0n) is 7.92. The molecule has 1 atom stereocenters. The SMILES string of the molecule is Cc1cc(Br)cc2c1OCC[C@@H]2N.Cl. The number of nitrogens with two attached hydrogens (primary N) is 1. The van der Waals surface area contributed by atoms with Gasteiger partial charge in [0.1, 0.15) is 5.75 Å². The van der Waals surface area contributed by atoms with Gasteiger partial charge in [-0.25, -0.2) is 0 Å². The number of hydrogen-bond acceptors (Lipinski definition) is 2. The van der Waals surface area contributed by atoms with Crippen LogP contribution in [-0.2, 0) is 0 Å². The second-order valence-electron chi connectivity index (χ2n) is 3.38. The van der Waals surface area contributed by atoms with Crippen molar-refractivity contribution in [2.24, 2.45) is 5.73 Å². The first-order chi connectivity index (χ1) is 6.18. The molecule has 1 aromatic rings. The predicted octanol–water partition coefficient (Wildman–Crippen LogP) is 2.96. The summed E-state index contributed by atoms with van der Waals surface area (Å²) in [6.07, 6.45) is 0.906. The summed E-state index contributed by atoms with van der Waals surface area (Å²) >= 11 is 3.46. The fourth-order valence-electron chi connectivity index (χ4n) is 1.67. The van der Waals surface area contributed by atoms with Crippen LogP contribution in [0.25, 0.3) is 0 Å². The Labute approximate surface area is 98.4 Å². The van der Waals surface area contributed by atoms with Gasteiger partial charge in [-0.05, 0) is 24.6 Å². The Bertz CT molecular complexity index is 343. The van der Waals surface area contributed by atoms with E-state index in [0.717, 1.165) is 34.4 Å². The van der Waals surface area contributed by atoms with E-state index in [2.05, 4.69) is 22.0 Å². The first kappa shape index (κ1) is 11.8. The summed E-state index contributed by atoms with van der Waals surface area (Å²) in [5.41, 5.74) is 8.26. The van der Waals surface area contributed by atoms with Crippen molar-refractivity contribution in [3.63, 3.8) is 0 Å². The van der Waals surface area contributed by atoms with E-state index < -0.39 is 0 Å². The minimum absolute atomic E-state index is 0. The lowest BCUT2D eigenvalue weighted by atomic mass is 9.99. The summed E-state index contributed by atoms with van der Waals surface area (Å²) in [6, 6.07) is 4.23. The molecule has 78 valence electrons. The van der Waals surface area contributed by atoms with Gasteiger partial charge in [0.05, 0.1) is 6.61 Å². The van der Waals surface area contributed by atoms with E-state index >= 15 is 0 Å². The molecule has 2 rings (SSSR count). The molecule has 0 aliphatic carbocycles. The van der Waals surface area contributed by atoms with Crippen molar-refractivity contribution in [3.8, 4) is 5.75 Å². The number of benzene rings is 1. The summed E-state index contributed by atoms with van der Waals surface area (Å²) in [5.74, 6) is 0.974. The van der Waals surface area contributed by atoms with Gasteiger partial charge >= 0.3 is 0 Å². The largest absolute Gasteiger partial charge is 0.493 e. The fourth-order valence-corrected chi connectivity index (χ4v) is 2.26. The van der Waals surface area contributed by atoms with Crippen LogP contribution in [0.5, 0.6) is 5.75 Å². The molecule has 14 heavy (non-hydrogen) atoms. The molecule has 1 aliphatic heterocycles. The van der Waals surface area contributed by atoms with Crippen molar-refractivity contribution < 1.29 is 4.74 Å². The molecule has 2 N–H and O–H groups in total. The van der Waals surface area contributed by atoms with Crippen molar-refractivity contribution in [1.29, 1.82) is 0 Å². The molecule has 4 heteroatoms. The lowest BCUT2D eigenvalue weighted by molar-refractivity contribution is 0.267. The molecule has 0 amide bonds. The maximum absolute atomic E-state index is 5.98. The van der Waals surface area contributed by atoms with Crippen LogP contribution < -0.4 is 10.5 Å². The van der Waals surface area contributed by atoms with Crippen molar-refractivity contribution in [1.82, 2.24) is 0 Å². The molecule has 0 saturated heterocycles. The maximum atomic E-state index is 5.98. The summed E-state index contributed by atoms with van der Waals surface area (Å²) in [5, 5.41) is 0. The molecule has 0 saturated carbocycles. The predicted molar refractivity (Wildman–Crippen MR) is 63.2 cm³/mol. The Morgan fingerprint density at radius 1 is 1.50 bits per heavy atom. The molecule has 0 fully saturated rings. The van der Waals surface area contributed by atoms with Gasteiger partial charge in [-0.15, -0.1) is 12.4 Å². The van der Waals surface area contributed by atoms with Gasteiger partial charge in [0.15, 0.2) is 0 Å². The molecule has 0 radical (unpaired) electrons. The molecule has 0 unspecified atom stereocenters. The topological polar surface area (TPSA) is 35.2 Å². The highest BCUT2D eigenvalue weighted by atomic mass is 79.9. The maximum Gasteiger partial charge on any atom is 0.127 e. The average molecular weight is 279 g/mol. The number of rotatable bonds is 0. The van der Waals surface area contributed by atoms with Crippen LogP contribution in [0.3, 0.4) is 0 Å². The van der Waals surface area contributed by atoms with Gasteiger partial charge in [-0.1, -0.05) is 15.9 Å². The van der Waals surface area contributed by atoms with Crippen LogP contribution >= 0.6 is 28.3 Å². The number of aryl methyl sites for hydroxylation is 1. The Morgan fingerprint density at radius 2 is 2.21 bits per heavy atom. The molecule has 0 aromatic heterocycles. The zero-order chi connectivity index (χ0) is 9.42. The zero-order valence-corrected chi connectivity index (χ0v) is 10.3. The van der Waals surface area contributed by atoms with E-state index in [-0.39, 0.29) is 18.4 Å². The summed E-state index contributed by atoms with van der Waals surface area (Å²) in [4.78, 5) is 0. The van der Waals surface area contributed by atoms with Gasteiger partial charge in [0, 0.05) is 22.5 Å². The third-order valence-corrected chi connectivity index (χ3v) is 2.80. The van der Waals surface area contributed by atoms with E-state index in [9.17, 15) is 0 Å². The van der Waals surface area contributed by atoms with Crippen molar-refractivity contribution in [2.45, 2.75) is 19.4 Å². The molecule has 1 aliphatic rings. The smallest absolute Gasteiger partial charge is 0.127 e. The number of ether oxygens (including phenoxy) is 1. The Hall–Kier alpha value is -0.250. The van der Waals surface area contributed by atoms with E-state index in [1.165, 1.54) is 0 Å². The van der Waals surface area contributed by atoms with Crippen molar-refractivity contribution >= 4 is 28.3 Å². The highest BCUT2D eigenvalue weighted by molar-refractivity contribution is 9.10. The second-order valence-corrected chi connectivity index (χ2v) is 4.30. The second kappa shape index (κ2) is 4.51. The fraction of sp³-hybridized carbons (Fsp3) is 0.400. The normalized spacial score (nSPS) is 19.2. The van der Waals surface area contributed by atoms with Crippen LogP contribution in [-0.4, -0.2) is 6.61 Å². The lowest BCUT2D eigenvalue weighted by Gasteiger charge is -2.24. The Kier molecular flexibility index (Phi) is 3.81. The number of halogens is 2. The van der Waals surface area contributed by atoms with Crippen LogP contribution in [0.2, 0.25) is 0 Å². The van der Waals surface area contributed by atoms with Gasteiger partial charge in [-0.2, -0.15) is 0 Å². The van der Waals surface area contributed by atoms with Crippen LogP contribution in [0.4, 0.5) is 0 Å². The van der Waals surface area contributed by atoms with Crippen molar-refractivity contribution in [3.05, 3.63) is 27.7 Å². The first-order valence-electron chi connectivity index (χ1n) is 4.37. The monoisotopic (exact) mass is 277 g/mol. The first-order valence-corrected chi connectivity index (χ1v) is 5.16. The highest BCUT2D eigenvalue weighted by Crippen LogP contribution is 2.35. The highest BCUT2D eigenvalue weighted by Gasteiger charge is 2.19. The van der Waals surface area contributed by atoms with Gasteiger partial charge < -0.3 is 10.5 Å². The summed E-state index contributed by atoms with van der Waals surface area (Å²) < 4.78 is 6.65. The molecule has 0 bridgehead atoms. The van der Waals surface area contributed by atoms with Gasteiger partial charge in [0.25, 0.3) is 0 Å². The molecule has 0 spiro atoms. The molecule has 2 nitrogen and oxygen atoms in total. The third kappa shape index (κ3) is 2.05. The Balaban J connectivity index is 0.000000980. The van der Waals surface area contributed by atoms with Crippen LogP contribution in [0.1, 0.15) is 23.6 Å². The van der Waals surface area contributed by atoms with E-state index in [0.29, 0.717) is 0 Å². The quantitative estimate of drug-likeness (QED) is 0.792. The molecule has 1 aromatic carbocycles. The van der Waals surface area contributed by atoms with Crippen LogP contribution in [0, 0.1) is 6.92 Å². The minimum Gasteiger partial charge on any atom is -0.493 e. The van der Waals surface area contributed by atoms with Gasteiger partial charge in [0.2, 0.25) is 0 Å². The van der Waals surface area contributed by atoms with Gasteiger partial charge in [-0.3, -0.25) is 0 Å². The summed E-state index contributed by atoms with van der Waals surface area (Å²) in [7, 11) is 0. The van der Waals surface area contributed by atoms with Crippen molar-refractivity contribution in [2.75, 3.05) is 6.61 Å². The Morgan fingerprint density at radius 3 is 2.93 bits per heavy atom. The standard InChI is InChI=1S/C10H12BrNO.ClH/c1-6-4-7(11)5-8-9(12)2-3-13-10(6)8;/h4-5,9H,2-3,12H2,1H3;1H/t9-;/m0./s1.